The fourth-order valence-corrected chi connectivity index (χ4v) is 1.97. The fraction of sp³-hybridized carbons (Fsp3) is 0.250. The maximum atomic E-state index is 5.49. The van der Waals surface area contributed by atoms with Crippen LogP contribution in [-0.4, -0.2) is 11.5 Å². The molecule has 0 saturated heterocycles. The van der Waals surface area contributed by atoms with Crippen molar-refractivity contribution in [2.24, 2.45) is 5.73 Å². The average molecular weight is 265 g/mol. The molecular formula is C12H13BrN2. The van der Waals surface area contributed by atoms with Crippen LogP contribution in [0.25, 0.3) is 10.9 Å². The van der Waals surface area contributed by atoms with E-state index in [1.165, 1.54) is 10.9 Å². The lowest BCUT2D eigenvalue weighted by Gasteiger charge is -2.02. The van der Waals surface area contributed by atoms with E-state index in [0.717, 1.165) is 29.4 Å². The van der Waals surface area contributed by atoms with Crippen LogP contribution in [0.1, 0.15) is 12.0 Å². The average Bonchev–Trinajstić information content (AvgIpc) is 2.25. The van der Waals surface area contributed by atoms with Gasteiger partial charge in [0.25, 0.3) is 0 Å². The van der Waals surface area contributed by atoms with Crippen molar-refractivity contribution in [2.75, 3.05) is 6.54 Å². The third-order valence-corrected chi connectivity index (χ3v) is 2.86. The molecule has 0 radical (unpaired) electrons. The summed E-state index contributed by atoms with van der Waals surface area (Å²) >= 11 is 3.46. The van der Waals surface area contributed by atoms with Gasteiger partial charge in [0.05, 0.1) is 5.52 Å². The highest BCUT2D eigenvalue weighted by atomic mass is 79.9. The Labute approximate surface area is 97.6 Å². The molecule has 1 aromatic heterocycles. The molecule has 0 fully saturated rings. The molecule has 0 aliphatic carbocycles. The number of benzene rings is 1. The highest BCUT2D eigenvalue weighted by Crippen LogP contribution is 2.19. The van der Waals surface area contributed by atoms with Crippen LogP contribution in [0, 0.1) is 0 Å². The summed E-state index contributed by atoms with van der Waals surface area (Å²) in [5, 5.41) is 1.18. The van der Waals surface area contributed by atoms with Crippen molar-refractivity contribution in [3.63, 3.8) is 0 Å². The first-order chi connectivity index (χ1) is 7.29. The number of hydrogen-bond donors (Lipinski definition) is 1. The third kappa shape index (κ3) is 2.55. The van der Waals surface area contributed by atoms with Gasteiger partial charge in [0, 0.05) is 16.1 Å². The first-order valence-electron chi connectivity index (χ1n) is 5.04. The number of fused-ring (bicyclic) bond motifs is 1. The van der Waals surface area contributed by atoms with E-state index in [1.54, 1.807) is 0 Å². The SMILES string of the molecule is NCCCc1cnc2ccc(Br)cc2c1. The molecule has 1 heterocycles. The van der Waals surface area contributed by atoms with Crippen LogP contribution in [0.3, 0.4) is 0 Å². The minimum absolute atomic E-state index is 0.733. The largest absolute Gasteiger partial charge is 0.330 e. The second-order valence-electron chi connectivity index (χ2n) is 3.57. The molecule has 2 nitrogen and oxygen atoms in total. The van der Waals surface area contributed by atoms with Crippen LogP contribution < -0.4 is 5.73 Å². The minimum Gasteiger partial charge on any atom is -0.330 e. The van der Waals surface area contributed by atoms with Crippen LogP contribution in [-0.2, 0) is 6.42 Å². The van der Waals surface area contributed by atoms with Crippen molar-refractivity contribution in [1.29, 1.82) is 0 Å². The second-order valence-corrected chi connectivity index (χ2v) is 4.49. The predicted molar refractivity (Wildman–Crippen MR) is 66.8 cm³/mol. The minimum atomic E-state index is 0.733. The molecular weight excluding hydrogens is 252 g/mol. The molecule has 78 valence electrons. The standard InChI is InChI=1S/C12H13BrN2/c13-11-3-4-12-10(7-11)6-9(8-15-12)2-1-5-14/h3-4,6-8H,1-2,5,14H2. The Morgan fingerprint density at radius 3 is 2.93 bits per heavy atom. The number of halogens is 1. The molecule has 15 heavy (non-hydrogen) atoms. The zero-order valence-electron chi connectivity index (χ0n) is 8.41. The topological polar surface area (TPSA) is 38.9 Å². The molecule has 0 atom stereocenters. The number of nitrogens with two attached hydrogens (primary N) is 1. The van der Waals surface area contributed by atoms with Crippen molar-refractivity contribution in [3.05, 3.63) is 40.5 Å². The first-order valence-corrected chi connectivity index (χ1v) is 5.83. The van der Waals surface area contributed by atoms with Crippen LogP contribution >= 0.6 is 15.9 Å². The second kappa shape index (κ2) is 4.73. The summed E-state index contributed by atoms with van der Waals surface area (Å²) in [6.45, 7) is 0.733. The summed E-state index contributed by atoms with van der Waals surface area (Å²) in [5.74, 6) is 0. The maximum absolute atomic E-state index is 5.49. The molecule has 0 bridgehead atoms. The van der Waals surface area contributed by atoms with Gasteiger partial charge in [-0.05, 0) is 49.2 Å². The Kier molecular flexibility index (Phi) is 3.34. The third-order valence-electron chi connectivity index (χ3n) is 2.37. The van der Waals surface area contributed by atoms with Gasteiger partial charge >= 0.3 is 0 Å². The molecule has 0 unspecified atom stereocenters. The van der Waals surface area contributed by atoms with Gasteiger partial charge in [-0.2, -0.15) is 0 Å². The molecule has 3 heteroatoms. The summed E-state index contributed by atoms with van der Waals surface area (Å²) in [5.41, 5.74) is 7.78. The van der Waals surface area contributed by atoms with Gasteiger partial charge in [-0.25, -0.2) is 0 Å². The zero-order valence-corrected chi connectivity index (χ0v) is 10.00. The lowest BCUT2D eigenvalue weighted by atomic mass is 10.1. The van der Waals surface area contributed by atoms with Gasteiger partial charge in [0.15, 0.2) is 0 Å². The number of pyridine rings is 1. The normalized spacial score (nSPS) is 10.8. The van der Waals surface area contributed by atoms with Crippen LogP contribution in [0.2, 0.25) is 0 Å². The highest BCUT2D eigenvalue weighted by Gasteiger charge is 1.98. The number of rotatable bonds is 3. The van der Waals surface area contributed by atoms with Crippen molar-refractivity contribution < 1.29 is 0 Å². The van der Waals surface area contributed by atoms with E-state index < -0.39 is 0 Å². The van der Waals surface area contributed by atoms with Gasteiger partial charge in [0.1, 0.15) is 0 Å². The quantitative estimate of drug-likeness (QED) is 0.926. The number of aromatic nitrogens is 1. The van der Waals surface area contributed by atoms with Crippen LogP contribution in [0.5, 0.6) is 0 Å². The van der Waals surface area contributed by atoms with E-state index >= 15 is 0 Å². The molecule has 0 amide bonds. The van der Waals surface area contributed by atoms with E-state index in [9.17, 15) is 0 Å². The lowest BCUT2D eigenvalue weighted by molar-refractivity contribution is 0.830. The summed E-state index contributed by atoms with van der Waals surface area (Å²) < 4.78 is 1.09. The summed E-state index contributed by atoms with van der Waals surface area (Å²) in [6.07, 6.45) is 3.96. The van der Waals surface area contributed by atoms with Crippen molar-refractivity contribution in [3.8, 4) is 0 Å². The van der Waals surface area contributed by atoms with E-state index in [0.29, 0.717) is 0 Å². The van der Waals surface area contributed by atoms with Crippen molar-refractivity contribution >= 4 is 26.8 Å². The van der Waals surface area contributed by atoms with E-state index in [-0.39, 0.29) is 0 Å². The van der Waals surface area contributed by atoms with Crippen LogP contribution in [0.15, 0.2) is 34.9 Å². The van der Waals surface area contributed by atoms with Gasteiger partial charge in [0.2, 0.25) is 0 Å². The van der Waals surface area contributed by atoms with Crippen LogP contribution in [0.4, 0.5) is 0 Å². The summed E-state index contributed by atoms with van der Waals surface area (Å²) in [7, 11) is 0. The summed E-state index contributed by atoms with van der Waals surface area (Å²) in [4.78, 5) is 4.41. The van der Waals surface area contributed by atoms with Crippen molar-refractivity contribution in [1.82, 2.24) is 4.98 Å². The van der Waals surface area contributed by atoms with Gasteiger partial charge in [-0.1, -0.05) is 15.9 Å². The highest BCUT2D eigenvalue weighted by molar-refractivity contribution is 9.10. The molecule has 1 aromatic carbocycles. The first kappa shape index (κ1) is 10.6. The van der Waals surface area contributed by atoms with E-state index in [4.69, 9.17) is 5.73 Å². The predicted octanol–water partition coefficient (Wildman–Crippen LogP) is 2.89. The van der Waals surface area contributed by atoms with Crippen molar-refractivity contribution in [2.45, 2.75) is 12.8 Å². The Balaban J connectivity index is 2.36. The Hall–Kier alpha value is -0.930. The molecule has 2 N–H and O–H groups in total. The zero-order chi connectivity index (χ0) is 10.7. The van der Waals surface area contributed by atoms with E-state index in [1.807, 2.05) is 18.3 Å². The van der Waals surface area contributed by atoms with Gasteiger partial charge in [-0.15, -0.1) is 0 Å². The Morgan fingerprint density at radius 2 is 2.13 bits per heavy atom. The maximum Gasteiger partial charge on any atom is 0.0702 e. The lowest BCUT2D eigenvalue weighted by Crippen LogP contribution is -2.00. The van der Waals surface area contributed by atoms with E-state index in [2.05, 4.69) is 33.0 Å². The Bertz CT molecular complexity index is 468. The Morgan fingerprint density at radius 1 is 1.27 bits per heavy atom. The fourth-order valence-electron chi connectivity index (χ4n) is 1.59. The van der Waals surface area contributed by atoms with Gasteiger partial charge < -0.3 is 5.73 Å². The van der Waals surface area contributed by atoms with Gasteiger partial charge in [-0.3, -0.25) is 4.98 Å². The number of hydrogen-bond acceptors (Lipinski definition) is 2. The summed E-state index contributed by atoms with van der Waals surface area (Å²) in [6, 6.07) is 8.30. The molecule has 0 saturated carbocycles. The molecule has 2 aromatic rings. The smallest absolute Gasteiger partial charge is 0.0702 e. The molecule has 0 aliphatic heterocycles. The molecule has 2 rings (SSSR count). The number of nitrogens with zero attached hydrogens (tertiary/aromatic N) is 1. The molecule has 0 aliphatic rings. The monoisotopic (exact) mass is 264 g/mol. The molecule has 0 spiro atoms. The number of aryl methyl sites for hydroxylation is 1.